The maximum atomic E-state index is 12.2. The van der Waals surface area contributed by atoms with Crippen LogP contribution < -0.4 is 10.2 Å². The van der Waals surface area contributed by atoms with Crippen LogP contribution in [0.1, 0.15) is 24.5 Å². The molecular weight excluding hydrogens is 310 g/mol. The van der Waals surface area contributed by atoms with Crippen molar-refractivity contribution in [3.8, 4) is 0 Å². The van der Waals surface area contributed by atoms with Crippen LogP contribution in [0.2, 0.25) is 0 Å². The molecule has 4 nitrogen and oxygen atoms in total. The number of carbonyl (C=O) groups is 1. The van der Waals surface area contributed by atoms with Crippen molar-refractivity contribution in [2.24, 2.45) is 0 Å². The van der Waals surface area contributed by atoms with Crippen molar-refractivity contribution in [3.63, 3.8) is 0 Å². The lowest BCUT2D eigenvalue weighted by Crippen LogP contribution is -2.34. The molecule has 1 N–H and O–H groups in total. The summed E-state index contributed by atoms with van der Waals surface area (Å²) in [7, 11) is 0. The number of para-hydroxylation sites is 1. The quantitative estimate of drug-likeness (QED) is 0.915. The molecule has 0 atom stereocenters. The molecule has 4 heteroatoms. The van der Waals surface area contributed by atoms with Crippen LogP contribution in [0.4, 0.5) is 5.69 Å². The van der Waals surface area contributed by atoms with Crippen LogP contribution in [0.15, 0.2) is 54.6 Å². The zero-order chi connectivity index (χ0) is 17.5. The van der Waals surface area contributed by atoms with Crippen LogP contribution >= 0.6 is 0 Å². The third kappa shape index (κ3) is 4.91. The van der Waals surface area contributed by atoms with Gasteiger partial charge in [-0.15, -0.1) is 0 Å². The Labute approximate surface area is 150 Å². The smallest absolute Gasteiger partial charge is 0.223 e. The maximum absolute atomic E-state index is 12.2. The monoisotopic (exact) mass is 337 g/mol. The summed E-state index contributed by atoms with van der Waals surface area (Å²) in [5.41, 5.74) is 3.57. The van der Waals surface area contributed by atoms with E-state index in [4.69, 9.17) is 0 Å². The first-order valence-electron chi connectivity index (χ1n) is 9.07. The average Bonchev–Trinajstić information content (AvgIpc) is 2.66. The summed E-state index contributed by atoms with van der Waals surface area (Å²) in [6.45, 7) is 7.11. The van der Waals surface area contributed by atoms with Gasteiger partial charge in [0.15, 0.2) is 0 Å². The van der Waals surface area contributed by atoms with Crippen LogP contribution in [-0.2, 0) is 17.9 Å². The minimum atomic E-state index is 0.112. The molecule has 1 aliphatic rings. The van der Waals surface area contributed by atoms with Crippen molar-refractivity contribution in [2.45, 2.75) is 26.4 Å². The minimum Gasteiger partial charge on any atom is -0.312 e. The molecule has 1 heterocycles. The number of nitrogens with one attached hydrogen (secondary N) is 1. The first-order valence-corrected chi connectivity index (χ1v) is 9.07. The fraction of sp³-hybridized carbons (Fsp3) is 0.381. The number of carbonyl (C=O) groups excluding carboxylic acids is 1. The van der Waals surface area contributed by atoms with Gasteiger partial charge in [-0.25, -0.2) is 0 Å². The molecule has 0 spiro atoms. The third-order valence-corrected chi connectivity index (χ3v) is 4.69. The van der Waals surface area contributed by atoms with Gasteiger partial charge in [-0.1, -0.05) is 48.5 Å². The molecule has 2 aromatic carbocycles. The van der Waals surface area contributed by atoms with Gasteiger partial charge < -0.3 is 10.2 Å². The number of rotatable bonds is 2. The summed E-state index contributed by atoms with van der Waals surface area (Å²) >= 11 is 0. The number of benzene rings is 2. The lowest BCUT2D eigenvalue weighted by Gasteiger charge is -2.25. The molecular formula is C21H27N3O. The first kappa shape index (κ1) is 17.6. The molecule has 0 saturated carbocycles. The average molecular weight is 337 g/mol. The molecule has 3 rings (SSSR count). The fourth-order valence-corrected chi connectivity index (χ4v) is 3.40. The molecule has 1 amide bonds. The molecule has 0 bridgehead atoms. The van der Waals surface area contributed by atoms with E-state index in [-0.39, 0.29) is 5.91 Å². The van der Waals surface area contributed by atoms with E-state index in [1.54, 1.807) is 6.92 Å². The van der Waals surface area contributed by atoms with Gasteiger partial charge in [-0.05, 0) is 23.6 Å². The lowest BCUT2D eigenvalue weighted by atomic mass is 10.1. The summed E-state index contributed by atoms with van der Waals surface area (Å²) in [4.78, 5) is 16.6. The predicted molar refractivity (Wildman–Crippen MR) is 103 cm³/mol. The van der Waals surface area contributed by atoms with Crippen LogP contribution in [-0.4, -0.2) is 37.0 Å². The number of anilines is 1. The summed E-state index contributed by atoms with van der Waals surface area (Å²) < 4.78 is 0. The highest BCUT2D eigenvalue weighted by atomic mass is 16.2. The molecule has 0 aliphatic carbocycles. The molecule has 1 aliphatic heterocycles. The number of amides is 1. The minimum absolute atomic E-state index is 0.112. The van der Waals surface area contributed by atoms with Gasteiger partial charge in [0, 0.05) is 51.9 Å². The van der Waals surface area contributed by atoms with Gasteiger partial charge in [-0.3, -0.25) is 9.69 Å². The zero-order valence-electron chi connectivity index (χ0n) is 14.9. The lowest BCUT2D eigenvalue weighted by molar-refractivity contribution is -0.116. The number of hydrogen-bond acceptors (Lipinski definition) is 3. The molecule has 0 radical (unpaired) electrons. The third-order valence-electron chi connectivity index (χ3n) is 4.69. The second kappa shape index (κ2) is 8.79. The fourth-order valence-electron chi connectivity index (χ4n) is 3.40. The standard InChI is InChI=1S/C21H27N3O/c1-18(25)24-14-7-13-23(17-19-8-3-2-4-9-19)15-12-22-16-20-10-5-6-11-21(20)24/h2-6,8-11,22H,7,12-17H2,1H3. The van der Waals surface area contributed by atoms with Gasteiger partial charge >= 0.3 is 0 Å². The van der Waals surface area contributed by atoms with Crippen molar-refractivity contribution in [1.29, 1.82) is 0 Å². The summed E-state index contributed by atoms with van der Waals surface area (Å²) in [5.74, 6) is 0.112. The van der Waals surface area contributed by atoms with Gasteiger partial charge in [0.25, 0.3) is 0 Å². The van der Waals surface area contributed by atoms with Crippen LogP contribution in [0.5, 0.6) is 0 Å². The highest BCUT2D eigenvalue weighted by Crippen LogP contribution is 2.21. The topological polar surface area (TPSA) is 35.6 Å². The molecule has 132 valence electrons. The first-order chi connectivity index (χ1) is 12.2. The van der Waals surface area contributed by atoms with E-state index in [0.29, 0.717) is 0 Å². The maximum Gasteiger partial charge on any atom is 0.223 e. The van der Waals surface area contributed by atoms with Crippen molar-refractivity contribution in [2.75, 3.05) is 31.1 Å². The molecule has 25 heavy (non-hydrogen) atoms. The van der Waals surface area contributed by atoms with Crippen molar-refractivity contribution in [3.05, 3.63) is 65.7 Å². The summed E-state index contributed by atoms with van der Waals surface area (Å²) in [6.07, 6.45) is 0.973. The molecule has 0 unspecified atom stereocenters. The number of fused-ring (bicyclic) bond motifs is 1. The van der Waals surface area contributed by atoms with E-state index in [2.05, 4.69) is 52.7 Å². The number of hydrogen-bond donors (Lipinski definition) is 1. The summed E-state index contributed by atoms with van der Waals surface area (Å²) in [5, 5.41) is 3.53. The Morgan fingerprint density at radius 2 is 1.76 bits per heavy atom. The molecule has 0 fully saturated rings. The largest absolute Gasteiger partial charge is 0.312 e. The van der Waals surface area contributed by atoms with Gasteiger partial charge in [0.05, 0.1) is 0 Å². The molecule has 2 aromatic rings. The van der Waals surface area contributed by atoms with Gasteiger partial charge in [0.2, 0.25) is 5.91 Å². The SMILES string of the molecule is CC(=O)N1CCCN(Cc2ccccc2)CCNCc2ccccc21. The van der Waals surface area contributed by atoms with E-state index in [1.807, 2.05) is 17.0 Å². The molecule has 0 aromatic heterocycles. The zero-order valence-corrected chi connectivity index (χ0v) is 14.9. The van der Waals surface area contributed by atoms with E-state index < -0.39 is 0 Å². The second-order valence-corrected chi connectivity index (χ2v) is 6.59. The second-order valence-electron chi connectivity index (χ2n) is 6.59. The van der Waals surface area contributed by atoms with Crippen molar-refractivity contribution < 1.29 is 4.79 Å². The highest BCUT2D eigenvalue weighted by Gasteiger charge is 2.16. The van der Waals surface area contributed by atoms with E-state index >= 15 is 0 Å². The van der Waals surface area contributed by atoms with E-state index in [9.17, 15) is 4.79 Å². The van der Waals surface area contributed by atoms with Gasteiger partial charge in [-0.2, -0.15) is 0 Å². The van der Waals surface area contributed by atoms with E-state index in [0.717, 1.165) is 51.4 Å². The summed E-state index contributed by atoms with van der Waals surface area (Å²) in [6, 6.07) is 18.8. The normalized spacial score (nSPS) is 16.8. The van der Waals surface area contributed by atoms with Crippen molar-refractivity contribution in [1.82, 2.24) is 10.2 Å². The Hall–Kier alpha value is -2.17. The number of nitrogens with zero attached hydrogens (tertiary/aromatic N) is 2. The van der Waals surface area contributed by atoms with E-state index in [1.165, 1.54) is 11.1 Å². The van der Waals surface area contributed by atoms with Gasteiger partial charge in [0.1, 0.15) is 0 Å². The van der Waals surface area contributed by atoms with Crippen LogP contribution in [0.3, 0.4) is 0 Å². The Morgan fingerprint density at radius 1 is 1.00 bits per heavy atom. The predicted octanol–water partition coefficient (Wildman–Crippen LogP) is 3.04. The van der Waals surface area contributed by atoms with Crippen LogP contribution in [0, 0.1) is 0 Å². The Kier molecular flexibility index (Phi) is 6.20. The highest BCUT2D eigenvalue weighted by molar-refractivity contribution is 5.92. The Bertz CT molecular complexity index is 687. The van der Waals surface area contributed by atoms with Crippen molar-refractivity contribution >= 4 is 11.6 Å². The molecule has 0 saturated heterocycles. The van der Waals surface area contributed by atoms with Crippen LogP contribution in [0.25, 0.3) is 0 Å². The Balaban J connectivity index is 1.72. The Morgan fingerprint density at radius 3 is 2.56 bits per heavy atom.